The van der Waals surface area contributed by atoms with Gasteiger partial charge in [-0.25, -0.2) is 8.78 Å². The Morgan fingerprint density at radius 2 is 1.77 bits per heavy atom. The van der Waals surface area contributed by atoms with Crippen LogP contribution in [0.4, 0.5) is 8.78 Å². The fourth-order valence-corrected chi connectivity index (χ4v) is 0.900. The number of hydrogen-bond donors (Lipinski definition) is 1. The fraction of sp³-hybridized carbons (Fsp3) is 0.222. The van der Waals surface area contributed by atoms with Gasteiger partial charge < -0.3 is 5.11 Å². The molecule has 1 aromatic carbocycles. The monoisotopic (exact) mass is 183 g/mol. The van der Waals surface area contributed by atoms with Crippen molar-refractivity contribution in [3.05, 3.63) is 35.4 Å². The van der Waals surface area contributed by atoms with Gasteiger partial charge in [-0.05, 0) is 17.7 Å². The van der Waals surface area contributed by atoms with E-state index in [9.17, 15) is 8.78 Å². The van der Waals surface area contributed by atoms with Crippen molar-refractivity contribution in [2.75, 3.05) is 0 Å². The topological polar surface area (TPSA) is 44.0 Å². The first-order valence-corrected chi connectivity index (χ1v) is 3.61. The van der Waals surface area contributed by atoms with Gasteiger partial charge in [-0.2, -0.15) is 5.26 Å². The van der Waals surface area contributed by atoms with Crippen molar-refractivity contribution in [3.8, 4) is 6.07 Å². The van der Waals surface area contributed by atoms with Crippen LogP contribution in [0.25, 0.3) is 0 Å². The normalized spacial score (nSPS) is 12.5. The molecule has 0 amide bonds. The average molecular weight is 183 g/mol. The molecule has 0 fully saturated rings. The molecule has 0 aromatic heterocycles. The number of benzene rings is 1. The molecule has 1 aromatic rings. The van der Waals surface area contributed by atoms with Crippen LogP contribution in [0.15, 0.2) is 24.3 Å². The largest absolute Gasteiger partial charge is 0.382 e. The highest BCUT2D eigenvalue weighted by atomic mass is 19.3. The number of nitrogens with zero attached hydrogens (tertiary/aromatic N) is 1. The van der Waals surface area contributed by atoms with Gasteiger partial charge in [0.25, 0.3) is 6.43 Å². The zero-order chi connectivity index (χ0) is 9.84. The van der Waals surface area contributed by atoms with Crippen LogP contribution in [-0.2, 0) is 0 Å². The van der Waals surface area contributed by atoms with Crippen LogP contribution in [0.5, 0.6) is 0 Å². The number of alkyl halides is 2. The van der Waals surface area contributed by atoms with Gasteiger partial charge >= 0.3 is 0 Å². The lowest BCUT2D eigenvalue weighted by Crippen LogP contribution is -2.07. The third kappa shape index (κ3) is 2.23. The van der Waals surface area contributed by atoms with Crippen LogP contribution in [0.3, 0.4) is 0 Å². The van der Waals surface area contributed by atoms with Gasteiger partial charge in [-0.1, -0.05) is 12.1 Å². The van der Waals surface area contributed by atoms with E-state index in [1.807, 2.05) is 6.07 Å². The molecule has 13 heavy (non-hydrogen) atoms. The summed E-state index contributed by atoms with van der Waals surface area (Å²) in [6.45, 7) is 0. The first-order valence-electron chi connectivity index (χ1n) is 3.61. The highest BCUT2D eigenvalue weighted by Gasteiger charge is 2.18. The first-order chi connectivity index (χ1) is 6.15. The van der Waals surface area contributed by atoms with E-state index < -0.39 is 12.5 Å². The van der Waals surface area contributed by atoms with Crippen LogP contribution >= 0.6 is 0 Å². The maximum Gasteiger partial charge on any atom is 0.268 e. The second kappa shape index (κ2) is 3.97. The second-order valence-electron chi connectivity index (χ2n) is 2.51. The molecule has 1 N–H and O–H groups in total. The van der Waals surface area contributed by atoms with Crippen LogP contribution < -0.4 is 0 Å². The lowest BCUT2D eigenvalue weighted by molar-refractivity contribution is -0.00578. The van der Waals surface area contributed by atoms with Gasteiger partial charge in [0.15, 0.2) is 0 Å². The van der Waals surface area contributed by atoms with Gasteiger partial charge in [-0.3, -0.25) is 0 Å². The molecule has 1 rings (SSSR count). The molecule has 0 radical (unpaired) electrons. The molecule has 1 atom stereocenters. The van der Waals surface area contributed by atoms with E-state index in [1.54, 1.807) is 0 Å². The maximum absolute atomic E-state index is 12.0. The molecular weight excluding hydrogens is 176 g/mol. The summed E-state index contributed by atoms with van der Waals surface area (Å²) in [5.41, 5.74) is 0.499. The summed E-state index contributed by atoms with van der Waals surface area (Å²) in [5.74, 6) is 0. The Bertz CT molecular complexity index is 315. The van der Waals surface area contributed by atoms with E-state index in [-0.39, 0.29) is 5.56 Å². The number of halogens is 2. The van der Waals surface area contributed by atoms with E-state index >= 15 is 0 Å². The van der Waals surface area contributed by atoms with Gasteiger partial charge in [0.1, 0.15) is 6.10 Å². The molecule has 0 aliphatic rings. The third-order valence-electron chi connectivity index (χ3n) is 1.62. The Labute approximate surface area is 74.0 Å². The highest BCUT2D eigenvalue weighted by Crippen LogP contribution is 2.20. The molecule has 4 heteroatoms. The Morgan fingerprint density at radius 3 is 2.15 bits per heavy atom. The van der Waals surface area contributed by atoms with Gasteiger partial charge in [-0.15, -0.1) is 0 Å². The molecule has 0 saturated heterocycles. The van der Waals surface area contributed by atoms with Gasteiger partial charge in [0.05, 0.1) is 11.6 Å². The molecular formula is C9H7F2NO. The first kappa shape index (κ1) is 9.62. The van der Waals surface area contributed by atoms with Gasteiger partial charge in [0.2, 0.25) is 0 Å². The summed E-state index contributed by atoms with van der Waals surface area (Å²) in [5, 5.41) is 17.3. The molecule has 0 bridgehead atoms. The molecule has 0 saturated carbocycles. The number of hydrogen-bond acceptors (Lipinski definition) is 2. The molecule has 0 spiro atoms. The van der Waals surface area contributed by atoms with E-state index in [0.717, 1.165) is 0 Å². The summed E-state index contributed by atoms with van der Waals surface area (Å²) < 4.78 is 24.0. The molecule has 2 nitrogen and oxygen atoms in total. The summed E-state index contributed by atoms with van der Waals surface area (Å²) in [6.07, 6.45) is -4.57. The van der Waals surface area contributed by atoms with Crippen molar-refractivity contribution in [3.63, 3.8) is 0 Å². The van der Waals surface area contributed by atoms with Crippen LogP contribution in [-0.4, -0.2) is 11.5 Å². The lowest BCUT2D eigenvalue weighted by atomic mass is 10.1. The van der Waals surface area contributed by atoms with Crippen LogP contribution in [0, 0.1) is 11.3 Å². The Kier molecular flexibility index (Phi) is 2.93. The van der Waals surface area contributed by atoms with Crippen molar-refractivity contribution < 1.29 is 13.9 Å². The Morgan fingerprint density at radius 1 is 1.23 bits per heavy atom. The molecule has 0 aliphatic heterocycles. The molecule has 68 valence electrons. The number of aliphatic hydroxyl groups excluding tert-OH is 1. The van der Waals surface area contributed by atoms with Crippen LogP contribution in [0.1, 0.15) is 17.2 Å². The smallest absolute Gasteiger partial charge is 0.268 e. The summed E-state index contributed by atoms with van der Waals surface area (Å²) in [4.78, 5) is 0. The van der Waals surface area contributed by atoms with Crippen molar-refractivity contribution in [1.82, 2.24) is 0 Å². The average Bonchev–Trinajstić information content (AvgIpc) is 2.17. The van der Waals surface area contributed by atoms with E-state index in [4.69, 9.17) is 10.4 Å². The minimum Gasteiger partial charge on any atom is -0.382 e. The Hall–Kier alpha value is -1.47. The summed E-state index contributed by atoms with van der Waals surface area (Å²) in [7, 11) is 0. The third-order valence-corrected chi connectivity index (χ3v) is 1.62. The SMILES string of the molecule is N#Cc1ccc(C(O)C(F)F)cc1. The minimum atomic E-state index is -2.80. The number of nitriles is 1. The van der Waals surface area contributed by atoms with Crippen LogP contribution in [0.2, 0.25) is 0 Å². The predicted octanol–water partition coefficient (Wildman–Crippen LogP) is 1.86. The highest BCUT2D eigenvalue weighted by molar-refractivity contribution is 5.32. The summed E-state index contributed by atoms with van der Waals surface area (Å²) >= 11 is 0. The lowest BCUT2D eigenvalue weighted by Gasteiger charge is -2.08. The predicted molar refractivity (Wildman–Crippen MR) is 42.1 cm³/mol. The van der Waals surface area contributed by atoms with E-state index in [1.165, 1.54) is 24.3 Å². The fourth-order valence-electron chi connectivity index (χ4n) is 0.900. The molecule has 0 aliphatic carbocycles. The van der Waals surface area contributed by atoms with Crippen molar-refractivity contribution in [1.29, 1.82) is 5.26 Å². The zero-order valence-electron chi connectivity index (χ0n) is 6.61. The number of rotatable bonds is 2. The minimum absolute atomic E-state index is 0.119. The molecule has 1 unspecified atom stereocenters. The quantitative estimate of drug-likeness (QED) is 0.760. The van der Waals surface area contributed by atoms with Gasteiger partial charge in [0, 0.05) is 0 Å². The van der Waals surface area contributed by atoms with Crippen molar-refractivity contribution in [2.24, 2.45) is 0 Å². The standard InChI is InChI=1S/C9H7F2NO/c10-9(11)8(13)7-3-1-6(5-12)2-4-7/h1-4,8-9,13H. The molecule has 0 heterocycles. The maximum atomic E-state index is 12.0. The summed E-state index contributed by atoms with van der Waals surface area (Å²) in [6, 6.07) is 7.26. The zero-order valence-corrected chi connectivity index (χ0v) is 6.61. The van der Waals surface area contributed by atoms with Crippen molar-refractivity contribution in [2.45, 2.75) is 12.5 Å². The van der Waals surface area contributed by atoms with E-state index in [2.05, 4.69) is 0 Å². The second-order valence-corrected chi connectivity index (χ2v) is 2.51. The number of aliphatic hydroxyl groups is 1. The van der Waals surface area contributed by atoms with Crippen molar-refractivity contribution >= 4 is 0 Å². The Balaban J connectivity index is 2.87. The van der Waals surface area contributed by atoms with E-state index in [0.29, 0.717) is 5.56 Å².